The third kappa shape index (κ3) is 5.61. The first-order valence-corrected chi connectivity index (χ1v) is 10.8. The van der Waals surface area contributed by atoms with Crippen molar-refractivity contribution in [3.8, 4) is 0 Å². The van der Waals surface area contributed by atoms with Crippen LogP contribution in [0.1, 0.15) is 36.8 Å². The number of rotatable bonds is 6. The van der Waals surface area contributed by atoms with Crippen LogP contribution in [0.15, 0.2) is 49.1 Å². The van der Waals surface area contributed by atoms with Gasteiger partial charge in [0.15, 0.2) is 0 Å². The molecule has 2 aromatic rings. The molecule has 2 saturated heterocycles. The molecular formula is C23H31N5O. The quantitative estimate of drug-likeness (QED) is 0.817. The van der Waals surface area contributed by atoms with Crippen molar-refractivity contribution in [3.05, 3.63) is 60.2 Å². The first kappa shape index (κ1) is 20.0. The monoisotopic (exact) mass is 393 g/mol. The lowest BCUT2D eigenvalue weighted by Gasteiger charge is -2.42. The standard InChI is InChI=1S/C23H31N5O/c29-23(26-16-20-3-1-9-25-15-20)21-4-2-12-28(18-21)22-7-13-27(14-8-22)17-19-5-10-24-11-6-19/h1,3,5-6,9-11,15,21-22H,2,4,7-8,12-14,16-18H2,(H,26,29)/t21-/m0/s1. The summed E-state index contributed by atoms with van der Waals surface area (Å²) in [4.78, 5) is 26.0. The number of hydrogen-bond acceptors (Lipinski definition) is 5. The van der Waals surface area contributed by atoms with Gasteiger partial charge in [-0.1, -0.05) is 6.07 Å². The molecule has 4 rings (SSSR count). The van der Waals surface area contributed by atoms with E-state index in [0.29, 0.717) is 12.6 Å². The fourth-order valence-corrected chi connectivity index (χ4v) is 4.58. The molecular weight excluding hydrogens is 362 g/mol. The molecule has 0 unspecified atom stereocenters. The van der Waals surface area contributed by atoms with Crippen molar-refractivity contribution >= 4 is 5.91 Å². The van der Waals surface area contributed by atoms with E-state index >= 15 is 0 Å². The number of nitrogens with one attached hydrogen (secondary N) is 1. The molecule has 29 heavy (non-hydrogen) atoms. The summed E-state index contributed by atoms with van der Waals surface area (Å²) in [6, 6.07) is 8.72. The van der Waals surface area contributed by atoms with Crippen LogP contribution in [0.3, 0.4) is 0 Å². The van der Waals surface area contributed by atoms with Crippen LogP contribution in [0.5, 0.6) is 0 Å². The zero-order valence-electron chi connectivity index (χ0n) is 17.0. The number of pyridine rings is 2. The summed E-state index contributed by atoms with van der Waals surface area (Å²) < 4.78 is 0. The molecule has 0 aliphatic carbocycles. The molecule has 0 bridgehead atoms. The van der Waals surface area contributed by atoms with E-state index in [1.165, 1.54) is 18.4 Å². The van der Waals surface area contributed by atoms with E-state index in [9.17, 15) is 4.79 Å². The zero-order chi connectivity index (χ0) is 19.9. The van der Waals surface area contributed by atoms with Crippen LogP contribution in [-0.4, -0.2) is 57.9 Å². The van der Waals surface area contributed by atoms with Crippen molar-refractivity contribution in [1.29, 1.82) is 0 Å². The Labute approximate surface area is 173 Å². The Hall–Kier alpha value is -2.31. The maximum atomic E-state index is 12.7. The van der Waals surface area contributed by atoms with E-state index in [1.54, 1.807) is 6.20 Å². The second kappa shape index (κ2) is 9.94. The summed E-state index contributed by atoms with van der Waals surface area (Å²) in [5, 5.41) is 3.11. The van der Waals surface area contributed by atoms with E-state index < -0.39 is 0 Å². The van der Waals surface area contributed by atoms with Crippen LogP contribution in [0, 0.1) is 5.92 Å². The average molecular weight is 394 g/mol. The minimum Gasteiger partial charge on any atom is -0.352 e. The third-order valence-corrected chi connectivity index (χ3v) is 6.24. The van der Waals surface area contributed by atoms with Gasteiger partial charge in [0.2, 0.25) is 5.91 Å². The van der Waals surface area contributed by atoms with Crippen LogP contribution in [0.2, 0.25) is 0 Å². The Morgan fingerprint density at radius 1 is 1.00 bits per heavy atom. The molecule has 2 aromatic heterocycles. The van der Waals surface area contributed by atoms with Crippen molar-refractivity contribution < 1.29 is 4.79 Å². The van der Waals surface area contributed by atoms with Crippen LogP contribution in [-0.2, 0) is 17.9 Å². The predicted molar refractivity (Wildman–Crippen MR) is 113 cm³/mol. The largest absolute Gasteiger partial charge is 0.352 e. The van der Waals surface area contributed by atoms with Gasteiger partial charge in [0.25, 0.3) is 0 Å². The highest BCUT2D eigenvalue weighted by Gasteiger charge is 2.31. The number of hydrogen-bond donors (Lipinski definition) is 1. The van der Waals surface area contributed by atoms with E-state index in [-0.39, 0.29) is 11.8 Å². The molecule has 0 radical (unpaired) electrons. The summed E-state index contributed by atoms with van der Waals surface area (Å²) >= 11 is 0. The second-order valence-electron chi connectivity index (χ2n) is 8.28. The molecule has 1 atom stereocenters. The summed E-state index contributed by atoms with van der Waals surface area (Å²) in [6.45, 7) is 5.85. The molecule has 6 heteroatoms. The van der Waals surface area contributed by atoms with Crippen LogP contribution < -0.4 is 5.32 Å². The molecule has 1 amide bonds. The van der Waals surface area contributed by atoms with Gasteiger partial charge < -0.3 is 5.32 Å². The van der Waals surface area contributed by atoms with Crippen LogP contribution in [0.4, 0.5) is 0 Å². The van der Waals surface area contributed by atoms with Gasteiger partial charge in [-0.25, -0.2) is 0 Å². The van der Waals surface area contributed by atoms with Crippen molar-refractivity contribution in [2.24, 2.45) is 5.92 Å². The van der Waals surface area contributed by atoms with Crippen molar-refractivity contribution in [1.82, 2.24) is 25.1 Å². The Bertz CT molecular complexity index is 761. The van der Waals surface area contributed by atoms with Gasteiger partial charge in [-0.3, -0.25) is 24.6 Å². The Balaban J connectivity index is 1.23. The molecule has 4 heterocycles. The number of aromatic nitrogens is 2. The number of amides is 1. The van der Waals surface area contributed by atoms with Crippen molar-refractivity contribution in [3.63, 3.8) is 0 Å². The molecule has 0 spiro atoms. The Kier molecular flexibility index (Phi) is 6.85. The molecule has 6 nitrogen and oxygen atoms in total. The molecule has 1 N–H and O–H groups in total. The highest BCUT2D eigenvalue weighted by atomic mass is 16.1. The normalized spacial score (nSPS) is 21.7. The number of likely N-dealkylation sites (tertiary alicyclic amines) is 2. The van der Waals surface area contributed by atoms with Gasteiger partial charge >= 0.3 is 0 Å². The SMILES string of the molecule is O=C(NCc1cccnc1)[C@H]1CCCN(C2CCN(Cc3ccncc3)CC2)C1. The Morgan fingerprint density at radius 3 is 2.59 bits per heavy atom. The molecule has 154 valence electrons. The van der Waals surface area contributed by atoms with Crippen LogP contribution in [0.25, 0.3) is 0 Å². The van der Waals surface area contributed by atoms with Gasteiger partial charge in [0, 0.05) is 50.5 Å². The Morgan fingerprint density at radius 2 is 1.83 bits per heavy atom. The van der Waals surface area contributed by atoms with E-state index in [1.807, 2.05) is 30.7 Å². The maximum Gasteiger partial charge on any atom is 0.224 e. The summed E-state index contributed by atoms with van der Waals surface area (Å²) in [5.74, 6) is 0.295. The minimum absolute atomic E-state index is 0.107. The molecule has 0 aromatic carbocycles. The first-order valence-electron chi connectivity index (χ1n) is 10.8. The molecule has 2 fully saturated rings. The second-order valence-corrected chi connectivity index (χ2v) is 8.28. The fraction of sp³-hybridized carbons (Fsp3) is 0.522. The van der Waals surface area contributed by atoms with E-state index in [0.717, 1.165) is 51.1 Å². The average Bonchev–Trinajstić information content (AvgIpc) is 2.79. The van der Waals surface area contributed by atoms with E-state index in [4.69, 9.17) is 0 Å². The van der Waals surface area contributed by atoms with Gasteiger partial charge in [0.1, 0.15) is 0 Å². The lowest BCUT2D eigenvalue weighted by Crippen LogP contribution is -2.50. The minimum atomic E-state index is 0.107. The maximum absolute atomic E-state index is 12.7. The topological polar surface area (TPSA) is 61.4 Å². The van der Waals surface area contributed by atoms with Gasteiger partial charge in [0.05, 0.1) is 5.92 Å². The zero-order valence-corrected chi connectivity index (χ0v) is 17.0. The number of piperidine rings is 2. The fourth-order valence-electron chi connectivity index (χ4n) is 4.58. The molecule has 2 aliphatic rings. The number of carbonyl (C=O) groups is 1. The predicted octanol–water partition coefficient (Wildman–Crippen LogP) is 2.47. The third-order valence-electron chi connectivity index (χ3n) is 6.24. The van der Waals surface area contributed by atoms with E-state index in [2.05, 4.69) is 37.2 Å². The number of carbonyl (C=O) groups excluding carboxylic acids is 1. The summed E-state index contributed by atoms with van der Waals surface area (Å²) in [7, 11) is 0. The highest BCUT2D eigenvalue weighted by molar-refractivity contribution is 5.78. The number of nitrogens with zero attached hydrogens (tertiary/aromatic N) is 4. The lowest BCUT2D eigenvalue weighted by atomic mass is 9.93. The summed E-state index contributed by atoms with van der Waals surface area (Å²) in [5.41, 5.74) is 2.39. The summed E-state index contributed by atoms with van der Waals surface area (Å²) in [6.07, 6.45) is 11.8. The van der Waals surface area contributed by atoms with Crippen molar-refractivity contribution in [2.75, 3.05) is 26.2 Å². The van der Waals surface area contributed by atoms with Crippen molar-refractivity contribution in [2.45, 2.75) is 44.8 Å². The van der Waals surface area contributed by atoms with Gasteiger partial charge in [-0.2, -0.15) is 0 Å². The lowest BCUT2D eigenvalue weighted by molar-refractivity contribution is -0.127. The molecule has 0 saturated carbocycles. The first-order chi connectivity index (χ1) is 14.3. The van der Waals surface area contributed by atoms with Gasteiger partial charge in [-0.05, 0) is 74.6 Å². The van der Waals surface area contributed by atoms with Crippen LogP contribution >= 0.6 is 0 Å². The van der Waals surface area contributed by atoms with Gasteiger partial charge in [-0.15, -0.1) is 0 Å². The molecule has 2 aliphatic heterocycles. The highest BCUT2D eigenvalue weighted by Crippen LogP contribution is 2.24. The smallest absolute Gasteiger partial charge is 0.224 e.